The molecule has 0 aromatic heterocycles. The van der Waals surface area contributed by atoms with Crippen LogP contribution in [0.3, 0.4) is 0 Å². The first kappa shape index (κ1) is 28.1. The summed E-state index contributed by atoms with van der Waals surface area (Å²) in [6.45, 7) is 8.37. The molecule has 0 N–H and O–H groups in total. The van der Waals surface area contributed by atoms with Gasteiger partial charge in [0.15, 0.2) is 0 Å². The van der Waals surface area contributed by atoms with Gasteiger partial charge in [0.2, 0.25) is 0 Å². The molecule has 1 atom stereocenters. The van der Waals surface area contributed by atoms with Crippen molar-refractivity contribution in [3.05, 3.63) is 106 Å². The number of rotatable bonds is 7. The molecule has 0 saturated carbocycles. The van der Waals surface area contributed by atoms with Crippen LogP contribution in [0.5, 0.6) is 11.5 Å². The van der Waals surface area contributed by atoms with Gasteiger partial charge in [-0.15, -0.1) is 0 Å². The van der Waals surface area contributed by atoms with Crippen LogP contribution in [-0.2, 0) is 13.1 Å². The first-order valence-electron chi connectivity index (χ1n) is 15.1. The van der Waals surface area contributed by atoms with Crippen LogP contribution >= 0.6 is 0 Å². The molecule has 6 nitrogen and oxygen atoms in total. The number of fused-ring (bicyclic) bond motifs is 3. The fourth-order valence-corrected chi connectivity index (χ4v) is 7.09. The molecule has 0 radical (unpaired) electrons. The van der Waals surface area contributed by atoms with Gasteiger partial charge in [-0.1, -0.05) is 79.7 Å². The third-order valence-electron chi connectivity index (χ3n) is 9.25. The Morgan fingerprint density at radius 2 is 1.62 bits per heavy atom. The summed E-state index contributed by atoms with van der Waals surface area (Å²) < 4.78 is 11.4. The van der Waals surface area contributed by atoms with Gasteiger partial charge in [0.05, 0.1) is 26.3 Å². The quantitative estimate of drug-likeness (QED) is 0.286. The smallest absolute Gasteiger partial charge is 0.325 e. The highest BCUT2D eigenvalue weighted by Gasteiger charge is 2.54. The molecule has 2 fully saturated rings. The zero-order chi connectivity index (χ0) is 29.3. The van der Waals surface area contributed by atoms with Crippen LogP contribution in [0, 0.1) is 0 Å². The Morgan fingerprint density at radius 3 is 2.26 bits per heavy atom. The highest BCUT2D eigenvalue weighted by molar-refractivity contribution is 5.83. The van der Waals surface area contributed by atoms with Crippen molar-refractivity contribution in [3.63, 3.8) is 0 Å². The van der Waals surface area contributed by atoms with Gasteiger partial charge in [-0.25, -0.2) is 4.79 Å². The maximum absolute atomic E-state index is 13.9. The van der Waals surface area contributed by atoms with Crippen LogP contribution in [0.1, 0.15) is 60.4 Å². The Hall–Kier alpha value is -4.03. The minimum atomic E-state index is -0.276. The number of benzene rings is 3. The van der Waals surface area contributed by atoms with Crippen LogP contribution in [0.2, 0.25) is 0 Å². The van der Waals surface area contributed by atoms with E-state index >= 15 is 0 Å². The van der Waals surface area contributed by atoms with Crippen molar-refractivity contribution in [1.82, 2.24) is 14.7 Å². The number of ether oxygens (including phenoxy) is 2. The van der Waals surface area contributed by atoms with Crippen molar-refractivity contribution >= 4 is 18.2 Å². The molecular formula is C36H41N3O3. The van der Waals surface area contributed by atoms with Crippen LogP contribution in [0.4, 0.5) is 4.79 Å². The summed E-state index contributed by atoms with van der Waals surface area (Å²) in [5.74, 6) is 1.69. The van der Waals surface area contributed by atoms with Crippen LogP contribution in [0.15, 0.2) is 78.5 Å². The number of hydrogen-bond donors (Lipinski definition) is 0. The van der Waals surface area contributed by atoms with Crippen molar-refractivity contribution in [1.29, 1.82) is 0 Å². The average Bonchev–Trinajstić information content (AvgIpc) is 3.12. The second-order valence-corrected chi connectivity index (χ2v) is 11.6. The van der Waals surface area contributed by atoms with Gasteiger partial charge >= 0.3 is 6.03 Å². The number of urea groups is 1. The predicted molar refractivity (Wildman–Crippen MR) is 168 cm³/mol. The second-order valence-electron chi connectivity index (χ2n) is 11.6. The summed E-state index contributed by atoms with van der Waals surface area (Å²) >= 11 is 0. The second kappa shape index (κ2) is 11.7. The van der Waals surface area contributed by atoms with E-state index in [2.05, 4.69) is 96.5 Å². The van der Waals surface area contributed by atoms with E-state index in [1.54, 1.807) is 14.2 Å². The number of amides is 2. The molecule has 1 spiro atoms. The zero-order valence-electron chi connectivity index (χ0n) is 25.2. The molecule has 6 heteroatoms. The van der Waals surface area contributed by atoms with E-state index in [-0.39, 0.29) is 17.5 Å². The van der Waals surface area contributed by atoms with Crippen LogP contribution < -0.4 is 9.47 Å². The lowest BCUT2D eigenvalue weighted by Gasteiger charge is -2.44. The molecular weight excluding hydrogens is 522 g/mol. The summed E-state index contributed by atoms with van der Waals surface area (Å²) in [4.78, 5) is 20.6. The lowest BCUT2D eigenvalue weighted by atomic mass is 9.82. The first-order chi connectivity index (χ1) is 20.5. The largest absolute Gasteiger partial charge is 0.497 e. The fourth-order valence-electron chi connectivity index (χ4n) is 7.09. The number of carbonyl (C=O) groups excluding carboxylic acids is 1. The van der Waals surface area contributed by atoms with Gasteiger partial charge in [0, 0.05) is 49.4 Å². The van der Waals surface area contributed by atoms with Gasteiger partial charge in [0.25, 0.3) is 0 Å². The number of likely N-dealkylation sites (N-methyl/N-ethyl adjacent to an activating group) is 1. The van der Waals surface area contributed by atoms with Crippen molar-refractivity contribution in [2.45, 2.75) is 51.2 Å². The van der Waals surface area contributed by atoms with E-state index in [1.165, 1.54) is 16.7 Å². The van der Waals surface area contributed by atoms with Gasteiger partial charge in [-0.05, 0) is 48.1 Å². The highest BCUT2D eigenvalue weighted by Crippen LogP contribution is 2.49. The van der Waals surface area contributed by atoms with Gasteiger partial charge in [0.1, 0.15) is 11.5 Å². The minimum Gasteiger partial charge on any atom is -0.497 e. The fraction of sp³-hybridized carbons (Fsp3) is 0.361. The number of likely N-dealkylation sites (tertiary alicyclic amines) is 1. The highest BCUT2D eigenvalue weighted by atomic mass is 16.5. The third kappa shape index (κ3) is 5.09. The summed E-state index contributed by atoms with van der Waals surface area (Å²) in [6, 6.07) is 23.4. The maximum atomic E-state index is 13.9. The molecule has 2 amide bonds. The van der Waals surface area contributed by atoms with Crippen molar-refractivity contribution in [2.75, 3.05) is 33.9 Å². The van der Waals surface area contributed by atoms with Crippen molar-refractivity contribution < 1.29 is 14.3 Å². The van der Waals surface area contributed by atoms with Crippen LogP contribution in [0.25, 0.3) is 12.2 Å². The number of allylic oxidation sites excluding steroid dienone is 1. The first-order valence-corrected chi connectivity index (χ1v) is 15.1. The number of nitrogens with zero attached hydrogens (tertiary/aromatic N) is 3. The zero-order valence-corrected chi connectivity index (χ0v) is 25.2. The van der Waals surface area contributed by atoms with E-state index in [4.69, 9.17) is 9.47 Å². The minimum absolute atomic E-state index is 0.109. The Balaban J connectivity index is 1.19. The van der Waals surface area contributed by atoms with Crippen molar-refractivity contribution in [3.8, 4) is 11.5 Å². The number of piperidine rings is 1. The monoisotopic (exact) mass is 563 g/mol. The maximum Gasteiger partial charge on any atom is 0.325 e. The van der Waals surface area contributed by atoms with E-state index in [0.29, 0.717) is 13.1 Å². The van der Waals surface area contributed by atoms with Gasteiger partial charge < -0.3 is 14.4 Å². The molecule has 2 saturated heterocycles. The molecule has 42 heavy (non-hydrogen) atoms. The Kier molecular flexibility index (Phi) is 7.82. The van der Waals surface area contributed by atoms with E-state index in [9.17, 15) is 4.79 Å². The van der Waals surface area contributed by atoms with Crippen LogP contribution in [-0.4, -0.2) is 60.1 Å². The summed E-state index contributed by atoms with van der Waals surface area (Å²) in [6.07, 6.45) is 8.49. The standard InChI is InChI=1S/C36H41N3O3/c1-5-39-35(40)38-25-30-22-31(41-3)23-32(42-4)34(30)26(2)21-33(38)36(39)17-19-37(20-18-36)24-29-15-13-28(14-16-29)12-11-27-9-7-6-8-10-27/h6-16,21-23,26H,5,17-20,24-25H2,1-4H3/b12-11+/t26-/m0/s1. The van der Waals surface area contributed by atoms with E-state index in [1.807, 2.05) is 17.0 Å². The SMILES string of the molecule is CCN1C(=O)N2Cc3cc(OC)cc(OC)c3[C@@H](C)C=C2C12CCN(Cc1ccc(/C=C/c3ccccc3)cc1)CC2. The molecule has 3 aliphatic rings. The summed E-state index contributed by atoms with van der Waals surface area (Å²) in [7, 11) is 3.38. The van der Waals surface area contributed by atoms with Gasteiger partial charge in [-0.3, -0.25) is 9.80 Å². The Bertz CT molecular complexity index is 1490. The summed E-state index contributed by atoms with van der Waals surface area (Å²) in [5.41, 5.74) is 6.84. The molecule has 0 bridgehead atoms. The normalized spacial score (nSPS) is 20.0. The van der Waals surface area contributed by atoms with Crippen molar-refractivity contribution in [2.24, 2.45) is 0 Å². The number of methoxy groups -OCH3 is 2. The Labute approximate surface area is 249 Å². The molecule has 3 aromatic carbocycles. The Morgan fingerprint density at radius 1 is 0.929 bits per heavy atom. The lowest BCUT2D eigenvalue weighted by molar-refractivity contribution is 0.0888. The topological polar surface area (TPSA) is 45.3 Å². The predicted octanol–water partition coefficient (Wildman–Crippen LogP) is 7.17. The molecule has 0 aliphatic carbocycles. The molecule has 0 unspecified atom stereocenters. The average molecular weight is 564 g/mol. The van der Waals surface area contributed by atoms with E-state index < -0.39 is 0 Å². The molecule has 3 aliphatic heterocycles. The lowest BCUT2D eigenvalue weighted by Crippen LogP contribution is -2.53. The van der Waals surface area contributed by atoms with Gasteiger partial charge in [-0.2, -0.15) is 0 Å². The molecule has 3 aromatic rings. The molecule has 218 valence electrons. The summed E-state index contributed by atoms with van der Waals surface area (Å²) in [5, 5.41) is 0. The van der Waals surface area contributed by atoms with E-state index in [0.717, 1.165) is 60.8 Å². The third-order valence-corrected chi connectivity index (χ3v) is 9.25. The number of hydrogen-bond acceptors (Lipinski definition) is 4. The molecule has 3 heterocycles. The molecule has 6 rings (SSSR count). The number of carbonyl (C=O) groups is 1.